The van der Waals surface area contributed by atoms with Gasteiger partial charge >= 0.3 is 0 Å². The highest BCUT2D eigenvalue weighted by Crippen LogP contribution is 2.28. The van der Waals surface area contributed by atoms with Crippen molar-refractivity contribution in [3.8, 4) is 0 Å². The number of nitrogens with two attached hydrogens (primary N) is 1. The van der Waals surface area contributed by atoms with Crippen LogP contribution in [0.25, 0.3) is 0 Å². The van der Waals surface area contributed by atoms with Gasteiger partial charge in [-0.05, 0) is 36.1 Å². The summed E-state index contributed by atoms with van der Waals surface area (Å²) < 4.78 is 13.8. The molecular weight excluding hydrogens is 295 g/mol. The lowest BCUT2D eigenvalue weighted by atomic mass is 9.94. The minimum Gasteiger partial charge on any atom is -0.365 e. The molecule has 5 heteroatoms. The molecule has 0 aromatic heterocycles. The van der Waals surface area contributed by atoms with Crippen molar-refractivity contribution in [3.63, 3.8) is 0 Å². The normalized spacial score (nSPS) is 17.5. The minimum absolute atomic E-state index is 0.0302. The summed E-state index contributed by atoms with van der Waals surface area (Å²) in [4.78, 5) is 25.4. The van der Waals surface area contributed by atoms with Crippen LogP contribution < -0.4 is 10.6 Å². The van der Waals surface area contributed by atoms with Gasteiger partial charge in [0.1, 0.15) is 5.82 Å². The van der Waals surface area contributed by atoms with Crippen molar-refractivity contribution in [2.24, 2.45) is 11.7 Å². The van der Waals surface area contributed by atoms with E-state index in [0.29, 0.717) is 24.9 Å². The van der Waals surface area contributed by atoms with Crippen LogP contribution in [0.1, 0.15) is 22.3 Å². The number of halogens is 1. The Morgan fingerprint density at radius 3 is 2.61 bits per heavy atom. The first-order chi connectivity index (χ1) is 11.1. The fourth-order valence-corrected chi connectivity index (χ4v) is 3.10. The van der Waals surface area contributed by atoms with Gasteiger partial charge in [0.25, 0.3) is 5.91 Å². The molecule has 3 rings (SSSR count). The van der Waals surface area contributed by atoms with Crippen LogP contribution >= 0.6 is 0 Å². The number of carbonyl (C=O) groups is 2. The number of rotatable bonds is 4. The SMILES string of the molecule is NC(=O)c1c(F)cccc1CC1CC(=O)N(c2ccccc2)C1. The first-order valence-electron chi connectivity index (χ1n) is 7.49. The lowest BCUT2D eigenvalue weighted by Crippen LogP contribution is -2.24. The van der Waals surface area contributed by atoms with E-state index in [1.165, 1.54) is 6.07 Å². The van der Waals surface area contributed by atoms with E-state index >= 15 is 0 Å². The van der Waals surface area contributed by atoms with Crippen LogP contribution in [0.15, 0.2) is 48.5 Å². The highest BCUT2D eigenvalue weighted by molar-refractivity contribution is 5.96. The molecule has 1 aliphatic heterocycles. The standard InChI is InChI=1S/C18H17FN2O2/c19-15-8-4-5-13(17(15)18(20)23)9-12-10-16(22)21(11-12)14-6-2-1-3-7-14/h1-8,12H,9-11H2,(H2,20,23). The second kappa shape index (κ2) is 6.20. The molecule has 1 heterocycles. The highest BCUT2D eigenvalue weighted by Gasteiger charge is 2.31. The van der Waals surface area contributed by atoms with Crippen molar-refractivity contribution in [2.45, 2.75) is 12.8 Å². The molecule has 2 N–H and O–H groups in total. The number of carbonyl (C=O) groups excluding carboxylic acids is 2. The van der Waals surface area contributed by atoms with Crippen molar-refractivity contribution < 1.29 is 14.0 Å². The summed E-state index contributed by atoms with van der Waals surface area (Å²) in [5, 5.41) is 0. The van der Waals surface area contributed by atoms with Crippen molar-refractivity contribution in [1.29, 1.82) is 0 Å². The second-order valence-electron chi connectivity index (χ2n) is 5.75. The van der Waals surface area contributed by atoms with Gasteiger partial charge in [-0.2, -0.15) is 0 Å². The van der Waals surface area contributed by atoms with Crippen molar-refractivity contribution in [1.82, 2.24) is 0 Å². The van der Waals surface area contributed by atoms with E-state index in [4.69, 9.17) is 5.73 Å². The van der Waals surface area contributed by atoms with Gasteiger partial charge in [0, 0.05) is 18.7 Å². The maximum absolute atomic E-state index is 13.8. The highest BCUT2D eigenvalue weighted by atomic mass is 19.1. The van der Waals surface area contributed by atoms with Crippen LogP contribution in [0.2, 0.25) is 0 Å². The van der Waals surface area contributed by atoms with Crippen LogP contribution in [0.4, 0.5) is 10.1 Å². The Kier molecular flexibility index (Phi) is 4.10. The van der Waals surface area contributed by atoms with Crippen LogP contribution in [0.5, 0.6) is 0 Å². The van der Waals surface area contributed by atoms with Gasteiger partial charge in [0.15, 0.2) is 0 Å². The summed E-state index contributed by atoms with van der Waals surface area (Å²) in [6.07, 6.45) is 0.828. The molecule has 2 aromatic rings. The molecule has 0 radical (unpaired) electrons. The van der Waals surface area contributed by atoms with Crippen LogP contribution in [-0.2, 0) is 11.2 Å². The number of primary amides is 1. The van der Waals surface area contributed by atoms with Crippen LogP contribution in [-0.4, -0.2) is 18.4 Å². The number of para-hydroxylation sites is 1. The fourth-order valence-electron chi connectivity index (χ4n) is 3.10. The zero-order chi connectivity index (χ0) is 16.4. The third-order valence-electron chi connectivity index (χ3n) is 4.13. The average Bonchev–Trinajstić information content (AvgIpc) is 2.88. The smallest absolute Gasteiger partial charge is 0.251 e. The molecule has 118 valence electrons. The molecule has 23 heavy (non-hydrogen) atoms. The number of nitrogens with zero attached hydrogens (tertiary/aromatic N) is 1. The molecule has 4 nitrogen and oxygen atoms in total. The summed E-state index contributed by atoms with van der Waals surface area (Å²) in [6, 6.07) is 13.9. The Hall–Kier alpha value is -2.69. The molecule has 1 fully saturated rings. The maximum Gasteiger partial charge on any atom is 0.251 e. The predicted molar refractivity (Wildman–Crippen MR) is 85.5 cm³/mol. The summed E-state index contributed by atoms with van der Waals surface area (Å²) in [7, 11) is 0. The Bertz CT molecular complexity index is 746. The number of anilines is 1. The molecule has 0 bridgehead atoms. The Morgan fingerprint density at radius 2 is 1.91 bits per heavy atom. The maximum atomic E-state index is 13.8. The zero-order valence-electron chi connectivity index (χ0n) is 12.5. The van der Waals surface area contributed by atoms with Gasteiger partial charge < -0.3 is 10.6 Å². The van der Waals surface area contributed by atoms with E-state index in [1.54, 1.807) is 17.0 Å². The van der Waals surface area contributed by atoms with E-state index in [-0.39, 0.29) is 17.4 Å². The van der Waals surface area contributed by atoms with E-state index < -0.39 is 11.7 Å². The van der Waals surface area contributed by atoms with Gasteiger partial charge in [-0.25, -0.2) is 4.39 Å². The van der Waals surface area contributed by atoms with Gasteiger partial charge in [0.05, 0.1) is 5.56 Å². The summed E-state index contributed by atoms with van der Waals surface area (Å²) in [6.45, 7) is 0.553. The van der Waals surface area contributed by atoms with Gasteiger partial charge in [0.2, 0.25) is 5.91 Å². The lowest BCUT2D eigenvalue weighted by molar-refractivity contribution is -0.117. The molecule has 1 atom stereocenters. The van der Waals surface area contributed by atoms with Crippen molar-refractivity contribution >= 4 is 17.5 Å². The van der Waals surface area contributed by atoms with E-state index in [2.05, 4.69) is 0 Å². The quantitative estimate of drug-likeness (QED) is 0.943. The number of hydrogen-bond acceptors (Lipinski definition) is 2. The summed E-state index contributed by atoms with van der Waals surface area (Å²) >= 11 is 0. The summed E-state index contributed by atoms with van der Waals surface area (Å²) in [5.74, 6) is -1.32. The fraction of sp³-hybridized carbons (Fsp3) is 0.222. The Balaban J connectivity index is 1.80. The summed E-state index contributed by atoms with van der Waals surface area (Å²) in [5.41, 5.74) is 6.62. The monoisotopic (exact) mass is 312 g/mol. The Morgan fingerprint density at radius 1 is 1.17 bits per heavy atom. The molecule has 2 aromatic carbocycles. The van der Waals surface area contributed by atoms with Gasteiger partial charge in [-0.1, -0.05) is 30.3 Å². The molecule has 1 saturated heterocycles. The lowest BCUT2D eigenvalue weighted by Gasteiger charge is -2.17. The molecule has 0 aliphatic carbocycles. The van der Waals surface area contributed by atoms with Gasteiger partial charge in [-0.3, -0.25) is 9.59 Å². The average molecular weight is 312 g/mol. The number of hydrogen-bond donors (Lipinski definition) is 1. The molecule has 0 spiro atoms. The molecule has 1 aliphatic rings. The number of amides is 2. The second-order valence-corrected chi connectivity index (χ2v) is 5.75. The van der Waals surface area contributed by atoms with Crippen molar-refractivity contribution in [3.05, 3.63) is 65.5 Å². The topological polar surface area (TPSA) is 63.4 Å². The third kappa shape index (κ3) is 3.08. The van der Waals surface area contributed by atoms with Crippen molar-refractivity contribution in [2.75, 3.05) is 11.4 Å². The van der Waals surface area contributed by atoms with Crippen LogP contribution in [0.3, 0.4) is 0 Å². The zero-order valence-corrected chi connectivity index (χ0v) is 12.5. The molecule has 1 unspecified atom stereocenters. The molecular formula is C18H17FN2O2. The largest absolute Gasteiger partial charge is 0.365 e. The molecule has 2 amide bonds. The minimum atomic E-state index is -0.776. The van der Waals surface area contributed by atoms with Gasteiger partial charge in [-0.15, -0.1) is 0 Å². The third-order valence-corrected chi connectivity index (χ3v) is 4.13. The van der Waals surface area contributed by atoms with E-state index in [0.717, 1.165) is 5.69 Å². The number of benzene rings is 2. The predicted octanol–water partition coefficient (Wildman–Crippen LogP) is 2.52. The first-order valence-corrected chi connectivity index (χ1v) is 7.49. The van der Waals surface area contributed by atoms with E-state index in [9.17, 15) is 14.0 Å². The Labute approximate surface area is 133 Å². The van der Waals surface area contributed by atoms with E-state index in [1.807, 2.05) is 30.3 Å². The van der Waals surface area contributed by atoms with Crippen LogP contribution in [0, 0.1) is 11.7 Å². The first kappa shape index (κ1) is 15.2. The molecule has 0 saturated carbocycles.